The first-order valence-corrected chi connectivity index (χ1v) is 8.33. The first-order chi connectivity index (χ1) is 12.8. The fraction of sp³-hybridized carbons (Fsp3) is 0.263. The minimum Gasteiger partial charge on any atom is -0.372 e. The van der Waals surface area contributed by atoms with Gasteiger partial charge in [0.05, 0.1) is 0 Å². The van der Waals surface area contributed by atoms with Gasteiger partial charge in [-0.15, -0.1) is 0 Å². The molecule has 0 bridgehead atoms. The molecule has 5 nitrogen and oxygen atoms in total. The van der Waals surface area contributed by atoms with Crippen LogP contribution in [-0.4, -0.2) is 35.6 Å². The summed E-state index contributed by atoms with van der Waals surface area (Å²) in [6.07, 6.45) is 0.00992. The van der Waals surface area contributed by atoms with E-state index in [1.807, 2.05) is 0 Å². The lowest BCUT2D eigenvalue weighted by Crippen LogP contribution is -2.52. The summed E-state index contributed by atoms with van der Waals surface area (Å²) in [5.74, 6) is -3.60. The second-order valence-electron chi connectivity index (χ2n) is 6.33. The number of hydrogen-bond acceptors (Lipinski definition) is 3. The normalized spacial score (nSPS) is 19.4. The van der Waals surface area contributed by atoms with E-state index < -0.39 is 34.9 Å². The van der Waals surface area contributed by atoms with Crippen molar-refractivity contribution in [3.05, 3.63) is 65.5 Å². The van der Waals surface area contributed by atoms with Gasteiger partial charge in [-0.3, -0.25) is 9.59 Å². The Bertz CT molecular complexity index is 853. The van der Waals surface area contributed by atoms with Gasteiger partial charge in [0.25, 0.3) is 11.8 Å². The number of amides is 2. The maximum absolute atomic E-state index is 13.2. The van der Waals surface area contributed by atoms with Gasteiger partial charge in [0.2, 0.25) is 5.60 Å². The van der Waals surface area contributed by atoms with Crippen LogP contribution in [0.25, 0.3) is 0 Å². The van der Waals surface area contributed by atoms with Gasteiger partial charge in [-0.1, -0.05) is 0 Å². The highest BCUT2D eigenvalue weighted by Gasteiger charge is 2.51. The molecule has 2 amide bonds. The maximum Gasteiger partial charge on any atom is 0.268 e. The van der Waals surface area contributed by atoms with Gasteiger partial charge in [0, 0.05) is 31.3 Å². The molecule has 1 heterocycles. The Balaban J connectivity index is 1.62. The van der Waals surface area contributed by atoms with Crippen LogP contribution in [0.1, 0.15) is 12.0 Å². The summed E-state index contributed by atoms with van der Waals surface area (Å²) in [7, 11) is 0. The SMILES string of the molecule is O=C(NCCc1cc(F)cc(F)c1)[C@@]1(O)CCN(c2ccc(F)cc2)C1=O. The molecule has 8 heteroatoms. The Morgan fingerprint density at radius 2 is 1.70 bits per heavy atom. The van der Waals surface area contributed by atoms with Gasteiger partial charge in [-0.25, -0.2) is 13.2 Å². The molecule has 1 fully saturated rings. The van der Waals surface area contributed by atoms with Gasteiger partial charge < -0.3 is 15.3 Å². The third-order valence-electron chi connectivity index (χ3n) is 4.43. The lowest BCUT2D eigenvalue weighted by molar-refractivity contribution is -0.149. The van der Waals surface area contributed by atoms with Crippen molar-refractivity contribution < 1.29 is 27.9 Å². The molecule has 2 aromatic rings. The topological polar surface area (TPSA) is 69.6 Å². The van der Waals surface area contributed by atoms with E-state index in [9.17, 15) is 27.9 Å². The zero-order chi connectivity index (χ0) is 19.6. The zero-order valence-corrected chi connectivity index (χ0v) is 14.2. The Morgan fingerprint density at radius 1 is 1.07 bits per heavy atom. The molecule has 2 aromatic carbocycles. The van der Waals surface area contributed by atoms with Gasteiger partial charge in [0.1, 0.15) is 17.5 Å². The number of benzene rings is 2. The predicted octanol–water partition coefficient (Wildman–Crippen LogP) is 1.93. The molecule has 0 aliphatic carbocycles. The van der Waals surface area contributed by atoms with Crippen LogP contribution in [0.2, 0.25) is 0 Å². The Kier molecular flexibility index (Phi) is 5.18. The number of aliphatic hydroxyl groups is 1. The van der Waals surface area contributed by atoms with E-state index in [0.717, 1.165) is 18.2 Å². The van der Waals surface area contributed by atoms with Gasteiger partial charge in [-0.2, -0.15) is 0 Å². The first-order valence-electron chi connectivity index (χ1n) is 8.33. The van der Waals surface area contributed by atoms with Crippen molar-refractivity contribution >= 4 is 17.5 Å². The molecule has 0 saturated carbocycles. The summed E-state index contributed by atoms with van der Waals surface area (Å²) in [4.78, 5) is 26.0. The number of carbonyl (C=O) groups excluding carboxylic acids is 2. The minimum atomic E-state index is -2.23. The Hall–Kier alpha value is -2.87. The summed E-state index contributed by atoms with van der Waals surface area (Å²) >= 11 is 0. The quantitative estimate of drug-likeness (QED) is 0.782. The average molecular weight is 378 g/mol. The van der Waals surface area contributed by atoms with E-state index in [4.69, 9.17) is 0 Å². The monoisotopic (exact) mass is 378 g/mol. The first kappa shape index (κ1) is 18.9. The van der Waals surface area contributed by atoms with Crippen LogP contribution in [0.5, 0.6) is 0 Å². The Labute approximate surface area is 153 Å². The molecule has 2 N–H and O–H groups in total. The van der Waals surface area contributed by atoms with Crippen molar-refractivity contribution in [1.29, 1.82) is 0 Å². The molecule has 1 atom stereocenters. The van der Waals surface area contributed by atoms with Crippen molar-refractivity contribution in [1.82, 2.24) is 5.32 Å². The number of nitrogens with zero attached hydrogens (tertiary/aromatic N) is 1. The van der Waals surface area contributed by atoms with Crippen LogP contribution in [0.3, 0.4) is 0 Å². The van der Waals surface area contributed by atoms with Crippen molar-refractivity contribution in [2.45, 2.75) is 18.4 Å². The summed E-state index contributed by atoms with van der Waals surface area (Å²) in [6.45, 7) is 0.0946. The molecule has 0 radical (unpaired) electrons. The molecule has 3 rings (SSSR count). The van der Waals surface area contributed by atoms with Crippen LogP contribution >= 0.6 is 0 Å². The summed E-state index contributed by atoms with van der Waals surface area (Å²) in [5, 5.41) is 12.9. The number of nitrogens with one attached hydrogen (secondary N) is 1. The van der Waals surface area contributed by atoms with Crippen LogP contribution in [0.4, 0.5) is 18.9 Å². The van der Waals surface area contributed by atoms with Crippen molar-refractivity contribution in [3.8, 4) is 0 Å². The highest BCUT2D eigenvalue weighted by Crippen LogP contribution is 2.28. The molecular formula is C19H17F3N2O3. The predicted molar refractivity (Wildman–Crippen MR) is 91.4 cm³/mol. The second kappa shape index (κ2) is 7.40. The van der Waals surface area contributed by atoms with Crippen LogP contribution in [-0.2, 0) is 16.0 Å². The van der Waals surface area contributed by atoms with Crippen molar-refractivity contribution in [2.24, 2.45) is 0 Å². The third-order valence-corrected chi connectivity index (χ3v) is 4.43. The molecule has 1 aliphatic heterocycles. The van der Waals surface area contributed by atoms with Crippen LogP contribution in [0, 0.1) is 17.5 Å². The lowest BCUT2D eigenvalue weighted by Gasteiger charge is -2.21. The summed E-state index contributed by atoms with van der Waals surface area (Å²) < 4.78 is 39.3. The summed E-state index contributed by atoms with van der Waals surface area (Å²) in [6, 6.07) is 8.15. The third kappa shape index (κ3) is 3.95. The highest BCUT2D eigenvalue weighted by atomic mass is 19.1. The van der Waals surface area contributed by atoms with Crippen molar-refractivity contribution in [2.75, 3.05) is 18.0 Å². The second-order valence-corrected chi connectivity index (χ2v) is 6.33. The molecule has 0 spiro atoms. The van der Waals surface area contributed by atoms with E-state index in [0.29, 0.717) is 11.3 Å². The minimum absolute atomic E-state index is 0.00609. The van der Waals surface area contributed by atoms with Crippen molar-refractivity contribution in [3.63, 3.8) is 0 Å². The smallest absolute Gasteiger partial charge is 0.268 e. The zero-order valence-electron chi connectivity index (χ0n) is 14.2. The molecule has 142 valence electrons. The summed E-state index contributed by atoms with van der Waals surface area (Å²) in [5.41, 5.74) is -1.52. The van der Waals surface area contributed by atoms with Gasteiger partial charge in [0.15, 0.2) is 0 Å². The number of anilines is 1. The van der Waals surface area contributed by atoms with E-state index in [1.165, 1.54) is 29.2 Å². The number of hydrogen-bond donors (Lipinski definition) is 2. The van der Waals surface area contributed by atoms with Gasteiger partial charge in [-0.05, 0) is 48.4 Å². The van der Waals surface area contributed by atoms with E-state index in [2.05, 4.69) is 5.32 Å². The number of rotatable bonds is 5. The maximum atomic E-state index is 13.2. The molecule has 0 aromatic heterocycles. The number of halogens is 3. The standard InChI is InChI=1S/C19H17F3N2O3/c20-13-1-3-16(4-2-13)24-8-6-19(27,18(24)26)17(25)23-7-5-12-9-14(21)11-15(22)10-12/h1-4,9-11,27H,5-8H2,(H,23,25)/t19-/m0/s1. The largest absolute Gasteiger partial charge is 0.372 e. The van der Waals surface area contributed by atoms with E-state index in [1.54, 1.807) is 0 Å². The molecule has 0 unspecified atom stereocenters. The Morgan fingerprint density at radius 3 is 2.33 bits per heavy atom. The van der Waals surface area contributed by atoms with E-state index >= 15 is 0 Å². The molecule has 1 aliphatic rings. The van der Waals surface area contributed by atoms with Crippen LogP contribution < -0.4 is 10.2 Å². The molecule has 1 saturated heterocycles. The average Bonchev–Trinajstić information content (AvgIpc) is 2.91. The van der Waals surface area contributed by atoms with Gasteiger partial charge >= 0.3 is 0 Å². The highest BCUT2D eigenvalue weighted by molar-refractivity contribution is 6.16. The van der Waals surface area contributed by atoms with E-state index in [-0.39, 0.29) is 25.9 Å². The number of carbonyl (C=O) groups is 2. The fourth-order valence-corrected chi connectivity index (χ4v) is 3.01. The molecular weight excluding hydrogens is 361 g/mol. The lowest BCUT2D eigenvalue weighted by atomic mass is 10.0. The van der Waals surface area contributed by atoms with Crippen LogP contribution in [0.15, 0.2) is 42.5 Å². The fourth-order valence-electron chi connectivity index (χ4n) is 3.01. The molecule has 27 heavy (non-hydrogen) atoms.